The molecule has 5 heteroatoms. The monoisotopic (exact) mass is 345 g/mol. The van der Waals surface area contributed by atoms with Crippen molar-refractivity contribution in [1.29, 1.82) is 0 Å². The standard InChI is InChI=1S/C20H35N5/c1-4-21-20(23-15-13-18-12-8-9-14-22-18)24-16-19(25(2)3)17-10-6-5-7-11-17/h8-9,12,14,17,19H,4-7,10-11,13,15-16H2,1-3H3,(H2,21,23,24). The van der Waals surface area contributed by atoms with Crippen molar-refractivity contribution < 1.29 is 0 Å². The van der Waals surface area contributed by atoms with E-state index in [1.807, 2.05) is 18.3 Å². The number of nitrogens with one attached hydrogen (secondary N) is 2. The van der Waals surface area contributed by atoms with Crippen molar-refractivity contribution >= 4 is 5.96 Å². The van der Waals surface area contributed by atoms with Gasteiger partial charge < -0.3 is 15.5 Å². The van der Waals surface area contributed by atoms with Gasteiger partial charge in [0.05, 0.1) is 6.54 Å². The van der Waals surface area contributed by atoms with Crippen LogP contribution in [0.1, 0.15) is 44.7 Å². The number of aliphatic imine (C=N–C) groups is 1. The van der Waals surface area contributed by atoms with E-state index in [1.54, 1.807) is 0 Å². The Balaban J connectivity index is 1.87. The lowest BCUT2D eigenvalue weighted by Crippen LogP contribution is -2.42. The molecule has 0 aliphatic heterocycles. The number of aromatic nitrogens is 1. The quantitative estimate of drug-likeness (QED) is 0.562. The molecule has 1 aliphatic rings. The fraction of sp³-hybridized carbons (Fsp3) is 0.700. The molecule has 2 N–H and O–H groups in total. The summed E-state index contributed by atoms with van der Waals surface area (Å²) in [6, 6.07) is 6.59. The van der Waals surface area contributed by atoms with Gasteiger partial charge in [-0.05, 0) is 51.9 Å². The van der Waals surface area contributed by atoms with Crippen LogP contribution in [0, 0.1) is 5.92 Å². The van der Waals surface area contributed by atoms with Crippen LogP contribution in [0.4, 0.5) is 0 Å². The van der Waals surface area contributed by atoms with Crippen LogP contribution >= 0.6 is 0 Å². The summed E-state index contributed by atoms with van der Waals surface area (Å²) in [7, 11) is 4.38. The zero-order valence-corrected chi connectivity index (χ0v) is 16.2. The summed E-state index contributed by atoms with van der Waals surface area (Å²) in [5.74, 6) is 1.70. The van der Waals surface area contributed by atoms with Gasteiger partial charge in [0.1, 0.15) is 0 Å². The molecule has 0 bridgehead atoms. The summed E-state index contributed by atoms with van der Waals surface area (Å²) in [6.45, 7) is 4.70. The maximum atomic E-state index is 4.87. The van der Waals surface area contributed by atoms with Crippen LogP contribution < -0.4 is 10.6 Å². The summed E-state index contributed by atoms with van der Waals surface area (Å²) in [5, 5.41) is 6.81. The Kier molecular flexibility index (Phi) is 8.73. The molecule has 0 radical (unpaired) electrons. The van der Waals surface area contributed by atoms with E-state index in [2.05, 4.69) is 47.6 Å². The van der Waals surface area contributed by atoms with Crippen molar-refractivity contribution in [3.63, 3.8) is 0 Å². The Hall–Kier alpha value is -1.62. The third-order valence-electron chi connectivity index (χ3n) is 5.04. The van der Waals surface area contributed by atoms with E-state index in [1.165, 1.54) is 32.1 Å². The van der Waals surface area contributed by atoms with Crippen molar-refractivity contribution in [3.8, 4) is 0 Å². The SMILES string of the molecule is CCNC(=NCC(C1CCCCC1)N(C)C)NCCc1ccccn1. The molecule has 0 aromatic carbocycles. The molecule has 1 unspecified atom stereocenters. The van der Waals surface area contributed by atoms with E-state index in [9.17, 15) is 0 Å². The summed E-state index contributed by atoms with van der Waals surface area (Å²) >= 11 is 0. The second kappa shape index (κ2) is 11.1. The Morgan fingerprint density at radius 1 is 1.24 bits per heavy atom. The lowest BCUT2D eigenvalue weighted by molar-refractivity contribution is 0.176. The number of nitrogens with zero attached hydrogens (tertiary/aromatic N) is 3. The predicted octanol–water partition coefficient (Wildman–Crippen LogP) is 2.69. The number of hydrogen-bond acceptors (Lipinski definition) is 3. The van der Waals surface area contributed by atoms with Gasteiger partial charge in [0.25, 0.3) is 0 Å². The molecular weight excluding hydrogens is 310 g/mol. The van der Waals surface area contributed by atoms with Crippen molar-refractivity contribution in [2.24, 2.45) is 10.9 Å². The fourth-order valence-electron chi connectivity index (χ4n) is 3.63. The Bertz CT molecular complexity index is 494. The van der Waals surface area contributed by atoms with E-state index >= 15 is 0 Å². The molecule has 1 aliphatic carbocycles. The third-order valence-corrected chi connectivity index (χ3v) is 5.04. The van der Waals surface area contributed by atoms with Crippen LogP contribution in [-0.2, 0) is 6.42 Å². The molecular formula is C20H35N5. The van der Waals surface area contributed by atoms with Gasteiger partial charge in [0.15, 0.2) is 5.96 Å². The van der Waals surface area contributed by atoms with Crippen LogP contribution in [-0.4, -0.2) is 55.6 Å². The van der Waals surface area contributed by atoms with Gasteiger partial charge >= 0.3 is 0 Å². The van der Waals surface area contributed by atoms with Gasteiger partial charge in [-0.1, -0.05) is 25.3 Å². The number of guanidine groups is 1. The highest BCUT2D eigenvalue weighted by atomic mass is 15.2. The molecule has 140 valence electrons. The first-order valence-electron chi connectivity index (χ1n) is 9.79. The van der Waals surface area contributed by atoms with Gasteiger partial charge in [-0.3, -0.25) is 9.98 Å². The van der Waals surface area contributed by atoms with Crippen LogP contribution in [0.3, 0.4) is 0 Å². The van der Waals surface area contributed by atoms with Crippen LogP contribution in [0.25, 0.3) is 0 Å². The minimum atomic E-state index is 0.534. The molecule has 0 spiro atoms. The Labute approximate surface area is 153 Å². The summed E-state index contributed by atoms with van der Waals surface area (Å²) < 4.78 is 0. The van der Waals surface area contributed by atoms with Gasteiger partial charge in [0, 0.05) is 37.4 Å². The topological polar surface area (TPSA) is 52.6 Å². The average molecular weight is 346 g/mol. The van der Waals surface area contributed by atoms with Crippen LogP contribution in [0.5, 0.6) is 0 Å². The minimum absolute atomic E-state index is 0.534. The number of pyridine rings is 1. The molecule has 1 atom stereocenters. The molecule has 0 saturated heterocycles. The Morgan fingerprint density at radius 2 is 2.04 bits per heavy atom. The highest BCUT2D eigenvalue weighted by Gasteiger charge is 2.25. The maximum absolute atomic E-state index is 4.87. The lowest BCUT2D eigenvalue weighted by Gasteiger charge is -2.34. The Morgan fingerprint density at radius 3 is 2.68 bits per heavy atom. The summed E-state index contributed by atoms with van der Waals surface area (Å²) in [5.41, 5.74) is 1.11. The van der Waals surface area contributed by atoms with E-state index in [0.29, 0.717) is 6.04 Å². The summed E-state index contributed by atoms with van der Waals surface area (Å²) in [4.78, 5) is 11.6. The van der Waals surface area contributed by atoms with Crippen molar-refractivity contribution in [3.05, 3.63) is 30.1 Å². The smallest absolute Gasteiger partial charge is 0.191 e. The highest BCUT2D eigenvalue weighted by molar-refractivity contribution is 5.79. The first-order chi connectivity index (χ1) is 12.2. The van der Waals surface area contributed by atoms with Crippen molar-refractivity contribution in [2.45, 2.75) is 51.5 Å². The highest BCUT2D eigenvalue weighted by Crippen LogP contribution is 2.28. The molecule has 5 nitrogen and oxygen atoms in total. The molecule has 0 amide bonds. The van der Waals surface area contributed by atoms with Crippen LogP contribution in [0.15, 0.2) is 29.4 Å². The normalized spacial score (nSPS) is 17.5. The third kappa shape index (κ3) is 7.02. The molecule has 1 saturated carbocycles. The number of rotatable bonds is 8. The van der Waals surface area contributed by atoms with E-state index in [4.69, 9.17) is 4.99 Å². The minimum Gasteiger partial charge on any atom is -0.357 e. The first-order valence-corrected chi connectivity index (χ1v) is 9.79. The maximum Gasteiger partial charge on any atom is 0.191 e. The number of hydrogen-bond donors (Lipinski definition) is 2. The predicted molar refractivity (Wildman–Crippen MR) is 106 cm³/mol. The van der Waals surface area contributed by atoms with Gasteiger partial charge in [-0.15, -0.1) is 0 Å². The molecule has 1 aromatic rings. The first kappa shape index (κ1) is 19.7. The second-order valence-electron chi connectivity index (χ2n) is 7.15. The summed E-state index contributed by atoms with van der Waals surface area (Å²) in [6.07, 6.45) is 9.61. The molecule has 2 rings (SSSR count). The van der Waals surface area contributed by atoms with Crippen molar-refractivity contribution in [2.75, 3.05) is 33.7 Å². The van der Waals surface area contributed by atoms with Crippen LogP contribution in [0.2, 0.25) is 0 Å². The van der Waals surface area contributed by atoms with E-state index in [-0.39, 0.29) is 0 Å². The van der Waals surface area contributed by atoms with Gasteiger partial charge in [-0.2, -0.15) is 0 Å². The molecule has 25 heavy (non-hydrogen) atoms. The zero-order chi connectivity index (χ0) is 17.9. The molecule has 1 fully saturated rings. The largest absolute Gasteiger partial charge is 0.357 e. The molecule has 1 heterocycles. The van der Waals surface area contributed by atoms with E-state index in [0.717, 1.165) is 43.6 Å². The van der Waals surface area contributed by atoms with Gasteiger partial charge in [-0.25, -0.2) is 0 Å². The van der Waals surface area contributed by atoms with E-state index < -0.39 is 0 Å². The second-order valence-corrected chi connectivity index (χ2v) is 7.15. The number of likely N-dealkylation sites (N-methyl/N-ethyl adjacent to an activating group) is 1. The lowest BCUT2D eigenvalue weighted by atomic mass is 9.83. The van der Waals surface area contributed by atoms with Crippen molar-refractivity contribution in [1.82, 2.24) is 20.5 Å². The average Bonchev–Trinajstić information content (AvgIpc) is 2.63. The fourth-order valence-corrected chi connectivity index (χ4v) is 3.63. The zero-order valence-electron chi connectivity index (χ0n) is 16.2. The molecule has 1 aromatic heterocycles. The van der Waals surface area contributed by atoms with Gasteiger partial charge in [0.2, 0.25) is 0 Å².